The lowest BCUT2D eigenvalue weighted by atomic mass is 10.1. The van der Waals surface area contributed by atoms with Gasteiger partial charge in [-0.05, 0) is 30.6 Å². The molecule has 0 saturated carbocycles. The van der Waals surface area contributed by atoms with Crippen molar-refractivity contribution in [3.63, 3.8) is 0 Å². The Morgan fingerprint density at radius 2 is 1.96 bits per heavy atom. The summed E-state index contributed by atoms with van der Waals surface area (Å²) in [5.74, 6) is -0.844. The third-order valence-corrected chi connectivity index (χ3v) is 4.61. The average Bonchev–Trinajstić information content (AvgIpc) is 2.70. The van der Waals surface area contributed by atoms with Crippen LogP contribution in [0.2, 0.25) is 0 Å². The molecule has 2 aromatic carbocycles. The first-order chi connectivity index (χ1) is 13.4. The van der Waals surface area contributed by atoms with Crippen LogP contribution in [0.1, 0.15) is 22.3 Å². The third-order valence-electron chi connectivity index (χ3n) is 3.96. The van der Waals surface area contributed by atoms with Crippen molar-refractivity contribution in [1.29, 1.82) is 0 Å². The summed E-state index contributed by atoms with van der Waals surface area (Å²) in [5.41, 5.74) is 0.215. The SMILES string of the molecule is CSCC[C@H](NC(=O)c1cccc([N+](=O)[O-])c1)C(=O)NCc1ccccc1F. The molecular formula is C19H20FN3O4S. The lowest BCUT2D eigenvalue weighted by Crippen LogP contribution is -2.47. The lowest BCUT2D eigenvalue weighted by molar-refractivity contribution is -0.384. The maximum Gasteiger partial charge on any atom is 0.270 e. The second-order valence-corrected chi connectivity index (χ2v) is 6.91. The number of carbonyl (C=O) groups excluding carboxylic acids is 2. The van der Waals surface area contributed by atoms with Crippen LogP contribution >= 0.6 is 11.8 Å². The highest BCUT2D eigenvalue weighted by atomic mass is 32.2. The Kier molecular flexibility index (Phi) is 7.94. The van der Waals surface area contributed by atoms with Crippen LogP contribution in [0.4, 0.5) is 10.1 Å². The monoisotopic (exact) mass is 405 g/mol. The largest absolute Gasteiger partial charge is 0.350 e. The van der Waals surface area contributed by atoms with Crippen LogP contribution in [-0.2, 0) is 11.3 Å². The number of nitro benzene ring substituents is 1. The van der Waals surface area contributed by atoms with Crippen molar-refractivity contribution in [3.05, 3.63) is 75.6 Å². The van der Waals surface area contributed by atoms with Crippen LogP contribution in [0.15, 0.2) is 48.5 Å². The van der Waals surface area contributed by atoms with E-state index in [1.165, 1.54) is 36.0 Å². The van der Waals surface area contributed by atoms with Gasteiger partial charge in [-0.2, -0.15) is 11.8 Å². The number of halogens is 1. The van der Waals surface area contributed by atoms with Crippen molar-refractivity contribution < 1.29 is 18.9 Å². The molecule has 2 amide bonds. The molecule has 0 aliphatic rings. The zero-order valence-corrected chi connectivity index (χ0v) is 16.0. The van der Waals surface area contributed by atoms with Crippen molar-refractivity contribution in [3.8, 4) is 0 Å². The number of nitrogens with zero attached hydrogens (tertiary/aromatic N) is 1. The Hall–Kier alpha value is -2.94. The van der Waals surface area contributed by atoms with Crippen LogP contribution in [-0.4, -0.2) is 34.8 Å². The number of thioether (sulfide) groups is 1. The Balaban J connectivity index is 2.06. The number of rotatable bonds is 9. The first kappa shape index (κ1) is 21.4. The minimum absolute atomic E-state index is 0.00600. The van der Waals surface area contributed by atoms with E-state index in [0.29, 0.717) is 17.7 Å². The van der Waals surface area contributed by atoms with Crippen molar-refractivity contribution in [2.24, 2.45) is 0 Å². The summed E-state index contributed by atoms with van der Waals surface area (Å²) in [6.07, 6.45) is 2.24. The maximum absolute atomic E-state index is 13.7. The van der Waals surface area contributed by atoms with Gasteiger partial charge >= 0.3 is 0 Å². The fourth-order valence-corrected chi connectivity index (χ4v) is 2.93. The van der Waals surface area contributed by atoms with Crippen LogP contribution < -0.4 is 10.6 Å². The summed E-state index contributed by atoms with van der Waals surface area (Å²) < 4.78 is 13.7. The summed E-state index contributed by atoms with van der Waals surface area (Å²) in [7, 11) is 0. The van der Waals surface area contributed by atoms with E-state index in [4.69, 9.17) is 0 Å². The predicted octanol–water partition coefficient (Wildman–Crippen LogP) is 2.90. The number of carbonyl (C=O) groups is 2. The van der Waals surface area contributed by atoms with E-state index < -0.39 is 28.6 Å². The minimum atomic E-state index is -0.842. The maximum atomic E-state index is 13.7. The fourth-order valence-electron chi connectivity index (χ4n) is 2.45. The molecule has 0 radical (unpaired) electrons. The zero-order valence-electron chi connectivity index (χ0n) is 15.2. The van der Waals surface area contributed by atoms with Crippen LogP contribution in [0.25, 0.3) is 0 Å². The number of nitro groups is 1. The highest BCUT2D eigenvalue weighted by Crippen LogP contribution is 2.14. The molecular weight excluding hydrogens is 385 g/mol. The van der Waals surface area contributed by atoms with Gasteiger partial charge in [0, 0.05) is 29.8 Å². The third kappa shape index (κ3) is 6.05. The molecule has 0 unspecified atom stereocenters. The van der Waals surface area contributed by atoms with E-state index in [-0.39, 0.29) is 17.8 Å². The molecule has 2 rings (SSSR count). The first-order valence-electron chi connectivity index (χ1n) is 8.47. The molecule has 148 valence electrons. The highest BCUT2D eigenvalue weighted by Gasteiger charge is 2.22. The van der Waals surface area contributed by atoms with E-state index in [2.05, 4.69) is 10.6 Å². The molecule has 0 heterocycles. The van der Waals surface area contributed by atoms with Crippen molar-refractivity contribution in [1.82, 2.24) is 10.6 Å². The van der Waals surface area contributed by atoms with Gasteiger partial charge in [0.1, 0.15) is 11.9 Å². The predicted molar refractivity (Wildman–Crippen MR) is 106 cm³/mol. The molecule has 0 spiro atoms. The van der Waals surface area contributed by atoms with Crippen molar-refractivity contribution in [2.45, 2.75) is 19.0 Å². The number of benzene rings is 2. The zero-order chi connectivity index (χ0) is 20.5. The van der Waals surface area contributed by atoms with E-state index in [1.807, 2.05) is 6.26 Å². The van der Waals surface area contributed by atoms with Gasteiger partial charge in [0.05, 0.1) is 4.92 Å². The van der Waals surface area contributed by atoms with Gasteiger partial charge in [0.2, 0.25) is 5.91 Å². The van der Waals surface area contributed by atoms with Gasteiger partial charge < -0.3 is 10.6 Å². The van der Waals surface area contributed by atoms with E-state index >= 15 is 0 Å². The smallest absolute Gasteiger partial charge is 0.270 e. The Morgan fingerprint density at radius 1 is 1.21 bits per heavy atom. The average molecular weight is 405 g/mol. The molecule has 28 heavy (non-hydrogen) atoms. The van der Waals surface area contributed by atoms with E-state index in [0.717, 1.165) is 6.07 Å². The number of hydrogen-bond acceptors (Lipinski definition) is 5. The van der Waals surface area contributed by atoms with Gasteiger partial charge in [-0.1, -0.05) is 24.3 Å². The normalized spacial score (nSPS) is 11.5. The van der Waals surface area contributed by atoms with Crippen LogP contribution in [0.3, 0.4) is 0 Å². The van der Waals surface area contributed by atoms with Gasteiger partial charge in [0.15, 0.2) is 0 Å². The van der Waals surface area contributed by atoms with Crippen LogP contribution in [0, 0.1) is 15.9 Å². The molecule has 2 aromatic rings. The second kappa shape index (κ2) is 10.4. The Bertz CT molecular complexity index is 863. The Morgan fingerprint density at radius 3 is 2.64 bits per heavy atom. The van der Waals surface area contributed by atoms with E-state index in [9.17, 15) is 24.1 Å². The molecule has 2 N–H and O–H groups in total. The quantitative estimate of drug-likeness (QED) is 0.493. The van der Waals surface area contributed by atoms with Gasteiger partial charge in [-0.15, -0.1) is 0 Å². The topological polar surface area (TPSA) is 101 Å². The molecule has 7 nitrogen and oxygen atoms in total. The molecule has 9 heteroatoms. The molecule has 0 aliphatic heterocycles. The number of nitrogens with one attached hydrogen (secondary N) is 2. The second-order valence-electron chi connectivity index (χ2n) is 5.92. The summed E-state index contributed by atoms with van der Waals surface area (Å²) in [4.78, 5) is 35.2. The molecule has 0 aliphatic carbocycles. The van der Waals surface area contributed by atoms with Gasteiger partial charge in [-0.25, -0.2) is 4.39 Å². The number of non-ortho nitro benzene ring substituents is 1. The molecule has 0 saturated heterocycles. The van der Waals surface area contributed by atoms with Crippen LogP contribution in [0.5, 0.6) is 0 Å². The van der Waals surface area contributed by atoms with Crippen molar-refractivity contribution in [2.75, 3.05) is 12.0 Å². The number of amides is 2. The van der Waals surface area contributed by atoms with E-state index in [1.54, 1.807) is 18.2 Å². The molecule has 1 atom stereocenters. The van der Waals surface area contributed by atoms with Gasteiger partial charge in [0.25, 0.3) is 11.6 Å². The summed E-state index contributed by atoms with van der Waals surface area (Å²) in [6, 6.07) is 10.5. The first-order valence-corrected chi connectivity index (χ1v) is 9.87. The molecule has 0 bridgehead atoms. The highest BCUT2D eigenvalue weighted by molar-refractivity contribution is 7.98. The molecule has 0 aromatic heterocycles. The Labute approximate surface area is 165 Å². The van der Waals surface area contributed by atoms with Crippen molar-refractivity contribution >= 4 is 29.3 Å². The fraction of sp³-hybridized carbons (Fsp3) is 0.263. The number of hydrogen-bond donors (Lipinski definition) is 2. The molecule has 0 fully saturated rings. The minimum Gasteiger partial charge on any atom is -0.350 e. The lowest BCUT2D eigenvalue weighted by Gasteiger charge is -2.18. The summed E-state index contributed by atoms with van der Waals surface area (Å²) in [5, 5.41) is 16.1. The van der Waals surface area contributed by atoms with Gasteiger partial charge in [-0.3, -0.25) is 19.7 Å². The summed E-state index contributed by atoms with van der Waals surface area (Å²) in [6.45, 7) is -0.00600. The summed E-state index contributed by atoms with van der Waals surface area (Å²) >= 11 is 1.51. The standard InChI is InChI=1S/C19H20FN3O4S/c1-28-10-9-17(19(25)21-12-14-5-2-3-8-16(14)20)22-18(24)13-6-4-7-15(11-13)23(26)27/h2-8,11,17H,9-10,12H2,1H3,(H,21,25)(H,22,24)/t17-/m0/s1.